The van der Waals surface area contributed by atoms with Crippen LogP contribution >= 0.6 is 0 Å². The van der Waals surface area contributed by atoms with Gasteiger partial charge >= 0.3 is 5.69 Å². The van der Waals surface area contributed by atoms with Crippen molar-refractivity contribution in [2.45, 2.75) is 6.92 Å². The fraction of sp³-hybridized carbons (Fsp3) is 0.385. The Morgan fingerprint density at radius 2 is 1.51 bits per heavy atom. The highest BCUT2D eigenvalue weighted by atomic mass is 16.6. The van der Waals surface area contributed by atoms with Crippen molar-refractivity contribution in [3.63, 3.8) is 0 Å². The van der Waals surface area contributed by atoms with E-state index < -0.39 is 21.2 Å². The molecule has 226 valence electrons. The zero-order chi connectivity index (χ0) is 30.2. The van der Waals surface area contributed by atoms with Crippen LogP contribution in [0, 0.1) is 20.2 Å². The van der Waals surface area contributed by atoms with Gasteiger partial charge in [0.15, 0.2) is 11.5 Å². The monoisotopic (exact) mass is 595 g/mol. The summed E-state index contributed by atoms with van der Waals surface area (Å²) in [6.07, 6.45) is 1.53. The van der Waals surface area contributed by atoms with E-state index in [-0.39, 0.29) is 24.1 Å². The van der Waals surface area contributed by atoms with Gasteiger partial charge in [0, 0.05) is 32.2 Å². The van der Waals surface area contributed by atoms with Gasteiger partial charge in [-0.1, -0.05) is 0 Å². The third kappa shape index (κ3) is 7.38. The van der Waals surface area contributed by atoms with E-state index in [2.05, 4.69) is 25.5 Å². The summed E-state index contributed by atoms with van der Waals surface area (Å²) in [5.74, 6) is 1.64. The number of rotatable bonds is 11. The number of nitro benzene ring substituents is 2. The van der Waals surface area contributed by atoms with E-state index in [1.165, 1.54) is 12.3 Å². The largest absolute Gasteiger partial charge is 0.490 e. The second kappa shape index (κ2) is 13.7. The first-order valence-corrected chi connectivity index (χ1v) is 13.5. The average molecular weight is 596 g/mol. The highest BCUT2D eigenvalue weighted by molar-refractivity contribution is 5.81. The van der Waals surface area contributed by atoms with E-state index in [4.69, 9.17) is 18.9 Å². The number of anilines is 3. The number of hydrazone groups is 1. The Bertz CT molecular complexity index is 1460. The Morgan fingerprint density at radius 1 is 0.884 bits per heavy atom. The highest BCUT2D eigenvalue weighted by Crippen LogP contribution is 2.38. The van der Waals surface area contributed by atoms with Crippen molar-refractivity contribution in [2.24, 2.45) is 5.10 Å². The topological polar surface area (TPSA) is 193 Å². The molecule has 0 radical (unpaired) electrons. The lowest BCUT2D eigenvalue weighted by Crippen LogP contribution is -2.40. The summed E-state index contributed by atoms with van der Waals surface area (Å²) in [5.41, 5.74) is 2.54. The maximum absolute atomic E-state index is 11.5. The Kier molecular flexibility index (Phi) is 9.33. The molecule has 1 aromatic heterocycles. The molecule has 0 amide bonds. The number of hydrogen-bond donors (Lipinski definition) is 1. The lowest BCUT2D eigenvalue weighted by atomic mass is 10.2. The van der Waals surface area contributed by atoms with Gasteiger partial charge in [0.05, 0.1) is 55.2 Å². The first-order chi connectivity index (χ1) is 20.9. The van der Waals surface area contributed by atoms with Crippen LogP contribution in [-0.4, -0.2) is 90.2 Å². The normalized spacial score (nSPS) is 15.4. The number of morpholine rings is 2. The smallest absolute Gasteiger partial charge is 0.318 e. The molecule has 3 aromatic rings. The first kappa shape index (κ1) is 29.3. The van der Waals surface area contributed by atoms with E-state index in [0.29, 0.717) is 75.8 Å². The van der Waals surface area contributed by atoms with Crippen LogP contribution < -0.4 is 24.7 Å². The minimum absolute atomic E-state index is 0.165. The molecule has 0 saturated carbocycles. The molecule has 2 fully saturated rings. The third-order valence-electron chi connectivity index (χ3n) is 6.42. The Morgan fingerprint density at radius 3 is 2.09 bits per heavy atom. The molecule has 17 heteroatoms. The SMILES string of the molecule is CCOc1cc(/C=N\Nc2nc(N3CCOCC3)nc(N3CCOCC3)n2)ccc1Oc1ccc([N+](=O)[O-])cc1[N+](=O)[O-]. The molecule has 2 aromatic carbocycles. The number of aromatic nitrogens is 3. The number of ether oxygens (including phenoxy) is 4. The summed E-state index contributed by atoms with van der Waals surface area (Å²) in [6.45, 7) is 7.03. The Balaban J connectivity index is 1.35. The number of hydrogen-bond acceptors (Lipinski definition) is 15. The molecule has 5 rings (SSSR count). The molecular formula is C26H29N9O8. The van der Waals surface area contributed by atoms with Crippen molar-refractivity contribution >= 4 is 35.4 Å². The minimum atomic E-state index is -0.745. The van der Waals surface area contributed by atoms with E-state index in [1.54, 1.807) is 25.1 Å². The summed E-state index contributed by atoms with van der Waals surface area (Å²) in [6, 6.07) is 8.03. The van der Waals surface area contributed by atoms with Crippen molar-refractivity contribution in [3.05, 3.63) is 62.2 Å². The molecule has 0 bridgehead atoms. The van der Waals surface area contributed by atoms with Crippen LogP contribution in [0.3, 0.4) is 0 Å². The van der Waals surface area contributed by atoms with Crippen LogP contribution in [-0.2, 0) is 9.47 Å². The fourth-order valence-electron chi connectivity index (χ4n) is 4.30. The van der Waals surface area contributed by atoms with Crippen molar-refractivity contribution in [1.82, 2.24) is 15.0 Å². The molecule has 2 saturated heterocycles. The van der Waals surface area contributed by atoms with E-state index in [9.17, 15) is 20.2 Å². The number of non-ortho nitro benzene ring substituents is 1. The highest BCUT2D eigenvalue weighted by Gasteiger charge is 2.23. The zero-order valence-electron chi connectivity index (χ0n) is 23.2. The summed E-state index contributed by atoms with van der Waals surface area (Å²) in [7, 11) is 0. The van der Waals surface area contributed by atoms with Crippen molar-refractivity contribution in [2.75, 3.05) is 74.4 Å². The zero-order valence-corrected chi connectivity index (χ0v) is 23.2. The van der Waals surface area contributed by atoms with Gasteiger partial charge in [-0.3, -0.25) is 20.2 Å². The minimum Gasteiger partial charge on any atom is -0.490 e. The average Bonchev–Trinajstić information content (AvgIpc) is 3.03. The Labute approximate surface area is 245 Å². The third-order valence-corrected chi connectivity index (χ3v) is 6.42. The van der Waals surface area contributed by atoms with Crippen LogP contribution in [0.1, 0.15) is 12.5 Å². The van der Waals surface area contributed by atoms with Gasteiger partial charge in [0.25, 0.3) is 5.69 Å². The molecule has 43 heavy (non-hydrogen) atoms. The predicted octanol–water partition coefficient (Wildman–Crippen LogP) is 3.00. The van der Waals surface area contributed by atoms with Gasteiger partial charge in [0.1, 0.15) is 0 Å². The molecule has 0 spiro atoms. The van der Waals surface area contributed by atoms with Gasteiger partial charge in [-0.15, -0.1) is 0 Å². The number of nitro groups is 2. The van der Waals surface area contributed by atoms with Gasteiger partial charge in [-0.2, -0.15) is 20.1 Å². The molecule has 3 heterocycles. The second-order valence-electron chi connectivity index (χ2n) is 9.24. The standard InChI is InChI=1S/C26H29N9O8/c1-2-42-23-15-18(3-5-22(23)43-21-6-4-19(34(36)37)16-20(21)35(38)39)17-27-31-24-28-25(32-7-11-40-12-8-32)30-26(29-24)33-9-13-41-14-10-33/h3-6,15-17H,2,7-14H2,1H3,(H,28,29,30,31)/b27-17-. The fourth-order valence-corrected chi connectivity index (χ4v) is 4.30. The van der Waals surface area contributed by atoms with E-state index in [1.807, 2.05) is 9.80 Å². The summed E-state index contributed by atoms with van der Waals surface area (Å²) in [4.78, 5) is 39.0. The first-order valence-electron chi connectivity index (χ1n) is 13.5. The predicted molar refractivity (Wildman–Crippen MR) is 155 cm³/mol. The summed E-state index contributed by atoms with van der Waals surface area (Å²) in [5, 5.41) is 26.9. The van der Waals surface area contributed by atoms with Crippen molar-refractivity contribution in [3.8, 4) is 17.2 Å². The second-order valence-corrected chi connectivity index (χ2v) is 9.24. The molecule has 0 atom stereocenters. The van der Waals surface area contributed by atoms with Crippen molar-refractivity contribution in [1.29, 1.82) is 0 Å². The summed E-state index contributed by atoms with van der Waals surface area (Å²) >= 11 is 0. The van der Waals surface area contributed by atoms with Gasteiger partial charge < -0.3 is 28.7 Å². The van der Waals surface area contributed by atoms with Crippen LogP contribution in [0.4, 0.5) is 29.2 Å². The van der Waals surface area contributed by atoms with E-state index in [0.717, 1.165) is 12.1 Å². The lowest BCUT2D eigenvalue weighted by Gasteiger charge is -2.30. The van der Waals surface area contributed by atoms with Crippen LogP contribution in [0.25, 0.3) is 0 Å². The van der Waals surface area contributed by atoms with Gasteiger partial charge in [-0.25, -0.2) is 5.43 Å². The molecule has 1 N–H and O–H groups in total. The maximum Gasteiger partial charge on any atom is 0.318 e. The number of nitrogens with zero attached hydrogens (tertiary/aromatic N) is 8. The molecule has 17 nitrogen and oxygen atoms in total. The number of benzene rings is 2. The molecule has 2 aliphatic rings. The maximum atomic E-state index is 11.5. The summed E-state index contributed by atoms with van der Waals surface area (Å²) < 4.78 is 22.4. The van der Waals surface area contributed by atoms with Crippen LogP contribution in [0.15, 0.2) is 41.5 Å². The van der Waals surface area contributed by atoms with Gasteiger partial charge in [-0.05, 0) is 36.8 Å². The molecule has 0 unspecified atom stereocenters. The lowest BCUT2D eigenvalue weighted by molar-refractivity contribution is -0.394. The van der Waals surface area contributed by atoms with Gasteiger partial charge in [0.2, 0.25) is 23.6 Å². The number of nitrogens with one attached hydrogen (secondary N) is 1. The molecule has 0 aliphatic carbocycles. The Hall–Kier alpha value is -5.16. The van der Waals surface area contributed by atoms with Crippen LogP contribution in [0.5, 0.6) is 17.2 Å². The van der Waals surface area contributed by atoms with Crippen LogP contribution in [0.2, 0.25) is 0 Å². The quantitative estimate of drug-likeness (QED) is 0.193. The molecule has 2 aliphatic heterocycles. The molecular weight excluding hydrogens is 566 g/mol. The van der Waals surface area contributed by atoms with E-state index >= 15 is 0 Å². The van der Waals surface area contributed by atoms with Crippen molar-refractivity contribution < 1.29 is 28.8 Å².